The van der Waals surface area contributed by atoms with Crippen molar-refractivity contribution in [2.24, 2.45) is 0 Å². The number of hydrogen-bond acceptors (Lipinski definition) is 6. The van der Waals surface area contributed by atoms with Crippen LogP contribution in [0.1, 0.15) is 21.5 Å². The highest BCUT2D eigenvalue weighted by Gasteiger charge is 2.28. The normalized spacial score (nSPS) is 16.2. The van der Waals surface area contributed by atoms with Gasteiger partial charge < -0.3 is 14.8 Å². The van der Waals surface area contributed by atoms with E-state index in [0.717, 1.165) is 16.9 Å². The molecule has 0 aromatic heterocycles. The number of rotatable bonds is 7. The second-order valence-electron chi connectivity index (χ2n) is 8.56. The second kappa shape index (κ2) is 10.1. The van der Waals surface area contributed by atoms with Crippen LogP contribution in [-0.2, 0) is 23.1 Å². The van der Waals surface area contributed by atoms with E-state index in [1.807, 2.05) is 48.5 Å². The molecule has 0 saturated carbocycles. The van der Waals surface area contributed by atoms with E-state index in [-0.39, 0.29) is 12.7 Å². The summed E-state index contributed by atoms with van der Waals surface area (Å²) in [5, 5.41) is 2.93. The van der Waals surface area contributed by atoms with Crippen molar-refractivity contribution in [3.63, 3.8) is 0 Å². The van der Waals surface area contributed by atoms with E-state index in [0.29, 0.717) is 55.5 Å². The standard InChI is InChI=1S/C26H27N3O5S/c30-26(27-17-21-8-11-24-25(16-21)34-19-33-24)22-9-6-20(7-10-22)18-28-12-14-29(15-13-28)35(31,32)23-4-2-1-3-5-23/h1-11,16H,12-15,17-19H2,(H,27,30). The summed E-state index contributed by atoms with van der Waals surface area (Å²) >= 11 is 0. The number of benzene rings is 3. The van der Waals surface area contributed by atoms with Crippen LogP contribution >= 0.6 is 0 Å². The molecule has 2 aliphatic heterocycles. The summed E-state index contributed by atoms with van der Waals surface area (Å²) in [6.07, 6.45) is 0. The molecule has 9 heteroatoms. The molecule has 0 radical (unpaired) electrons. The molecule has 2 aliphatic rings. The maximum Gasteiger partial charge on any atom is 0.251 e. The summed E-state index contributed by atoms with van der Waals surface area (Å²) in [5.41, 5.74) is 2.61. The van der Waals surface area contributed by atoms with Crippen molar-refractivity contribution in [1.29, 1.82) is 0 Å². The Balaban J connectivity index is 1.11. The monoisotopic (exact) mass is 493 g/mol. The predicted octanol–water partition coefficient (Wildman–Crippen LogP) is 2.85. The van der Waals surface area contributed by atoms with E-state index in [1.165, 1.54) is 0 Å². The first-order valence-electron chi connectivity index (χ1n) is 11.5. The van der Waals surface area contributed by atoms with Crippen LogP contribution in [0.5, 0.6) is 11.5 Å². The zero-order valence-electron chi connectivity index (χ0n) is 19.2. The molecule has 0 unspecified atom stereocenters. The van der Waals surface area contributed by atoms with Gasteiger partial charge in [-0.15, -0.1) is 0 Å². The number of nitrogens with zero attached hydrogens (tertiary/aromatic N) is 2. The van der Waals surface area contributed by atoms with E-state index in [9.17, 15) is 13.2 Å². The van der Waals surface area contributed by atoms with Crippen LogP contribution in [0.4, 0.5) is 0 Å². The summed E-state index contributed by atoms with van der Waals surface area (Å²) < 4.78 is 37.8. The van der Waals surface area contributed by atoms with Crippen LogP contribution in [0.3, 0.4) is 0 Å². The topological polar surface area (TPSA) is 88.2 Å². The second-order valence-corrected chi connectivity index (χ2v) is 10.5. The molecule has 1 fully saturated rings. The zero-order valence-corrected chi connectivity index (χ0v) is 20.0. The molecule has 3 aromatic rings. The number of nitrogens with one attached hydrogen (secondary N) is 1. The first-order chi connectivity index (χ1) is 17.0. The Bertz CT molecular complexity index is 1290. The van der Waals surface area contributed by atoms with Crippen molar-refractivity contribution in [2.45, 2.75) is 18.0 Å². The molecule has 2 heterocycles. The minimum absolute atomic E-state index is 0.144. The van der Waals surface area contributed by atoms with Gasteiger partial charge >= 0.3 is 0 Å². The quantitative estimate of drug-likeness (QED) is 0.545. The van der Waals surface area contributed by atoms with E-state index in [4.69, 9.17) is 9.47 Å². The minimum Gasteiger partial charge on any atom is -0.454 e. The molecule has 1 N–H and O–H groups in total. The van der Waals surface area contributed by atoms with Gasteiger partial charge in [-0.3, -0.25) is 9.69 Å². The Labute approximate surface area is 205 Å². The SMILES string of the molecule is O=C(NCc1ccc2c(c1)OCO2)c1ccc(CN2CCN(S(=O)(=O)c3ccccc3)CC2)cc1. The van der Waals surface area contributed by atoms with Crippen LogP contribution < -0.4 is 14.8 Å². The van der Waals surface area contributed by atoms with Gasteiger partial charge in [0.15, 0.2) is 11.5 Å². The highest BCUT2D eigenvalue weighted by Crippen LogP contribution is 2.32. The van der Waals surface area contributed by atoms with Gasteiger partial charge in [0.25, 0.3) is 5.91 Å². The Hall–Kier alpha value is -3.40. The fraction of sp³-hybridized carbons (Fsp3) is 0.269. The minimum atomic E-state index is -3.45. The van der Waals surface area contributed by atoms with E-state index in [2.05, 4.69) is 10.2 Å². The maximum atomic E-state index is 12.8. The molecule has 3 aromatic carbocycles. The van der Waals surface area contributed by atoms with Crippen molar-refractivity contribution in [2.75, 3.05) is 33.0 Å². The smallest absolute Gasteiger partial charge is 0.251 e. The predicted molar refractivity (Wildman–Crippen MR) is 131 cm³/mol. The fourth-order valence-corrected chi connectivity index (χ4v) is 5.67. The van der Waals surface area contributed by atoms with Gasteiger partial charge in [-0.2, -0.15) is 4.31 Å². The van der Waals surface area contributed by atoms with Gasteiger partial charge in [-0.25, -0.2) is 8.42 Å². The summed E-state index contributed by atoms with van der Waals surface area (Å²) in [6.45, 7) is 3.55. The molecule has 0 bridgehead atoms. The van der Waals surface area contributed by atoms with Crippen molar-refractivity contribution in [1.82, 2.24) is 14.5 Å². The summed E-state index contributed by atoms with van der Waals surface area (Å²) in [6, 6.07) is 21.7. The van der Waals surface area contributed by atoms with Crippen molar-refractivity contribution >= 4 is 15.9 Å². The van der Waals surface area contributed by atoms with Gasteiger partial charge in [0.1, 0.15) is 0 Å². The Morgan fingerprint density at radius 2 is 1.51 bits per heavy atom. The molecular formula is C26H27N3O5S. The number of piperazine rings is 1. The lowest BCUT2D eigenvalue weighted by Crippen LogP contribution is -2.48. The third-order valence-corrected chi connectivity index (χ3v) is 8.14. The molecule has 0 atom stereocenters. The number of carbonyl (C=O) groups is 1. The van der Waals surface area contributed by atoms with Crippen molar-refractivity contribution < 1.29 is 22.7 Å². The molecule has 1 amide bonds. The molecule has 1 saturated heterocycles. The largest absolute Gasteiger partial charge is 0.454 e. The maximum absolute atomic E-state index is 12.8. The number of hydrogen-bond donors (Lipinski definition) is 1. The number of amides is 1. The lowest BCUT2D eigenvalue weighted by atomic mass is 10.1. The summed E-state index contributed by atoms with van der Waals surface area (Å²) in [4.78, 5) is 15.1. The van der Waals surface area contributed by atoms with Crippen LogP contribution in [0.25, 0.3) is 0 Å². The summed E-state index contributed by atoms with van der Waals surface area (Å²) in [7, 11) is -3.45. The molecule has 5 rings (SSSR count). The van der Waals surface area contributed by atoms with Gasteiger partial charge in [-0.05, 0) is 47.5 Å². The molecule has 0 spiro atoms. The number of ether oxygens (including phenoxy) is 2. The van der Waals surface area contributed by atoms with E-state index >= 15 is 0 Å². The first kappa shape index (κ1) is 23.3. The molecule has 35 heavy (non-hydrogen) atoms. The Kier molecular flexibility index (Phi) is 6.72. The van der Waals surface area contributed by atoms with Gasteiger partial charge in [0.05, 0.1) is 4.90 Å². The lowest BCUT2D eigenvalue weighted by molar-refractivity contribution is 0.0950. The van der Waals surface area contributed by atoms with E-state index < -0.39 is 10.0 Å². The van der Waals surface area contributed by atoms with Crippen LogP contribution in [0.2, 0.25) is 0 Å². The number of fused-ring (bicyclic) bond motifs is 1. The number of carbonyl (C=O) groups excluding carboxylic acids is 1. The lowest BCUT2D eigenvalue weighted by Gasteiger charge is -2.34. The van der Waals surface area contributed by atoms with Gasteiger partial charge in [0, 0.05) is 44.8 Å². The molecule has 8 nitrogen and oxygen atoms in total. The van der Waals surface area contributed by atoms with Crippen molar-refractivity contribution in [3.05, 3.63) is 89.5 Å². The molecular weight excluding hydrogens is 466 g/mol. The molecule has 182 valence electrons. The average molecular weight is 494 g/mol. The van der Waals surface area contributed by atoms with Crippen LogP contribution in [-0.4, -0.2) is 56.5 Å². The highest BCUT2D eigenvalue weighted by atomic mass is 32.2. The molecule has 0 aliphatic carbocycles. The fourth-order valence-electron chi connectivity index (χ4n) is 4.22. The van der Waals surface area contributed by atoms with Crippen LogP contribution in [0, 0.1) is 0 Å². The van der Waals surface area contributed by atoms with Crippen LogP contribution in [0.15, 0.2) is 77.7 Å². The van der Waals surface area contributed by atoms with Gasteiger partial charge in [0.2, 0.25) is 16.8 Å². The first-order valence-corrected chi connectivity index (χ1v) is 13.0. The number of sulfonamides is 1. The van der Waals surface area contributed by atoms with Gasteiger partial charge in [-0.1, -0.05) is 36.4 Å². The Morgan fingerprint density at radius 1 is 0.829 bits per heavy atom. The average Bonchev–Trinajstić information content (AvgIpc) is 3.37. The third-order valence-electron chi connectivity index (χ3n) is 6.22. The highest BCUT2D eigenvalue weighted by molar-refractivity contribution is 7.89. The van der Waals surface area contributed by atoms with Crippen molar-refractivity contribution in [3.8, 4) is 11.5 Å². The summed E-state index contributed by atoms with van der Waals surface area (Å²) in [5.74, 6) is 1.27. The Morgan fingerprint density at radius 3 is 2.26 bits per heavy atom. The van der Waals surface area contributed by atoms with E-state index in [1.54, 1.807) is 28.6 Å². The zero-order chi connectivity index (χ0) is 24.3. The third kappa shape index (κ3) is 5.32.